The van der Waals surface area contributed by atoms with E-state index in [4.69, 9.17) is 0 Å². The summed E-state index contributed by atoms with van der Waals surface area (Å²) in [7, 11) is 1.98. The molecular weight excluding hydrogens is 246 g/mol. The van der Waals surface area contributed by atoms with Crippen LogP contribution in [0.1, 0.15) is 58.6 Å². The summed E-state index contributed by atoms with van der Waals surface area (Å²) in [5.41, 5.74) is 1.72. The van der Waals surface area contributed by atoms with Crippen LogP contribution < -0.4 is 5.32 Å². The summed E-state index contributed by atoms with van der Waals surface area (Å²) in [5, 5.41) is 8.15. The highest BCUT2D eigenvalue weighted by atomic mass is 15.2. The molecule has 0 unspecified atom stereocenters. The maximum absolute atomic E-state index is 4.43. The van der Waals surface area contributed by atoms with Gasteiger partial charge in [0.1, 0.15) is 0 Å². The van der Waals surface area contributed by atoms with E-state index in [2.05, 4.69) is 37.3 Å². The van der Waals surface area contributed by atoms with Crippen LogP contribution in [0.5, 0.6) is 0 Å². The molecular formula is C17H31N3. The summed E-state index contributed by atoms with van der Waals surface area (Å²) in [4.78, 5) is 0. The van der Waals surface area contributed by atoms with Crippen LogP contribution in [-0.4, -0.2) is 22.4 Å². The predicted molar refractivity (Wildman–Crippen MR) is 84.7 cm³/mol. The molecule has 3 nitrogen and oxygen atoms in total. The molecule has 3 heteroatoms. The first-order chi connectivity index (χ1) is 9.51. The lowest BCUT2D eigenvalue weighted by molar-refractivity contribution is 0.137. The standard InChI is InChI=1S/C17H31N3/c1-5-17(2,3)14-6-8-15(9-7-14)18-12-10-16-11-13-20(4)19-16/h11,13-15,18H,5-10,12H2,1-4H3. The fourth-order valence-electron chi connectivity index (χ4n) is 3.37. The molecule has 0 radical (unpaired) electrons. The zero-order valence-electron chi connectivity index (χ0n) is 13.7. The lowest BCUT2D eigenvalue weighted by Crippen LogP contribution is -2.37. The van der Waals surface area contributed by atoms with Crippen molar-refractivity contribution in [3.8, 4) is 0 Å². The molecule has 0 aromatic carbocycles. The molecule has 1 aromatic rings. The molecule has 1 aliphatic carbocycles. The minimum absolute atomic E-state index is 0.527. The monoisotopic (exact) mass is 277 g/mol. The second-order valence-corrected chi connectivity index (χ2v) is 7.08. The molecule has 0 atom stereocenters. The Hall–Kier alpha value is -0.830. The molecule has 0 amide bonds. The molecule has 1 aliphatic rings. The van der Waals surface area contributed by atoms with Crippen molar-refractivity contribution in [2.75, 3.05) is 6.54 Å². The van der Waals surface area contributed by atoms with E-state index in [9.17, 15) is 0 Å². The Morgan fingerprint density at radius 3 is 2.55 bits per heavy atom. The van der Waals surface area contributed by atoms with Crippen LogP contribution in [0.3, 0.4) is 0 Å². The minimum atomic E-state index is 0.527. The van der Waals surface area contributed by atoms with Crippen LogP contribution in [0.2, 0.25) is 0 Å². The molecule has 0 bridgehead atoms. The van der Waals surface area contributed by atoms with E-state index >= 15 is 0 Å². The van der Waals surface area contributed by atoms with Crippen molar-refractivity contribution in [2.45, 2.75) is 65.3 Å². The molecule has 1 heterocycles. The van der Waals surface area contributed by atoms with Crippen LogP contribution in [0.4, 0.5) is 0 Å². The number of nitrogens with zero attached hydrogens (tertiary/aromatic N) is 2. The SMILES string of the molecule is CCC(C)(C)C1CCC(NCCc2ccn(C)n2)CC1. The molecule has 1 N–H and O–H groups in total. The van der Waals surface area contributed by atoms with Crippen molar-refractivity contribution in [1.82, 2.24) is 15.1 Å². The molecule has 0 saturated heterocycles. The average Bonchev–Trinajstić information content (AvgIpc) is 2.85. The summed E-state index contributed by atoms with van der Waals surface area (Å²) >= 11 is 0. The second kappa shape index (κ2) is 6.75. The van der Waals surface area contributed by atoms with Crippen molar-refractivity contribution in [1.29, 1.82) is 0 Å². The molecule has 1 fully saturated rings. The van der Waals surface area contributed by atoms with Gasteiger partial charge in [-0.2, -0.15) is 5.10 Å². The van der Waals surface area contributed by atoms with Gasteiger partial charge < -0.3 is 5.32 Å². The third-order valence-corrected chi connectivity index (χ3v) is 5.33. The fraction of sp³-hybridized carbons (Fsp3) is 0.824. The summed E-state index contributed by atoms with van der Waals surface area (Å²) in [6.07, 6.45) is 9.83. The highest BCUT2D eigenvalue weighted by molar-refractivity contribution is 4.99. The largest absolute Gasteiger partial charge is 0.314 e. The quantitative estimate of drug-likeness (QED) is 0.862. The van der Waals surface area contributed by atoms with E-state index in [1.165, 1.54) is 37.8 Å². The smallest absolute Gasteiger partial charge is 0.0637 e. The molecule has 1 aromatic heterocycles. The average molecular weight is 277 g/mol. The van der Waals surface area contributed by atoms with Crippen LogP contribution >= 0.6 is 0 Å². The predicted octanol–water partition coefficient (Wildman–Crippen LogP) is 3.55. The number of hydrogen-bond donors (Lipinski definition) is 1. The second-order valence-electron chi connectivity index (χ2n) is 7.08. The van der Waals surface area contributed by atoms with Gasteiger partial charge in [-0.3, -0.25) is 4.68 Å². The first-order valence-electron chi connectivity index (χ1n) is 8.23. The Labute approximate surface area is 124 Å². The zero-order valence-corrected chi connectivity index (χ0v) is 13.7. The normalized spacial score (nSPS) is 24.0. The van der Waals surface area contributed by atoms with E-state index < -0.39 is 0 Å². The van der Waals surface area contributed by atoms with Gasteiger partial charge in [0.25, 0.3) is 0 Å². The van der Waals surface area contributed by atoms with Crippen molar-refractivity contribution in [3.63, 3.8) is 0 Å². The Balaban J connectivity index is 1.67. The van der Waals surface area contributed by atoms with E-state index in [0.29, 0.717) is 5.41 Å². The zero-order chi connectivity index (χ0) is 14.6. The number of nitrogens with one attached hydrogen (secondary N) is 1. The van der Waals surface area contributed by atoms with Gasteiger partial charge in [0.2, 0.25) is 0 Å². The fourth-order valence-corrected chi connectivity index (χ4v) is 3.37. The van der Waals surface area contributed by atoms with Gasteiger partial charge in [-0.05, 0) is 43.1 Å². The first kappa shape index (κ1) is 15.6. The van der Waals surface area contributed by atoms with Gasteiger partial charge >= 0.3 is 0 Å². The summed E-state index contributed by atoms with van der Waals surface area (Å²) in [5.74, 6) is 0.918. The molecule has 20 heavy (non-hydrogen) atoms. The summed E-state index contributed by atoms with van der Waals surface area (Å²) in [6.45, 7) is 8.26. The number of rotatable bonds is 6. The molecule has 0 aliphatic heterocycles. The molecule has 2 rings (SSSR count). The van der Waals surface area contributed by atoms with Crippen molar-refractivity contribution in [2.24, 2.45) is 18.4 Å². The number of hydrogen-bond acceptors (Lipinski definition) is 2. The topological polar surface area (TPSA) is 29.9 Å². The molecule has 0 spiro atoms. The third-order valence-electron chi connectivity index (χ3n) is 5.33. The Morgan fingerprint density at radius 1 is 1.30 bits per heavy atom. The van der Waals surface area contributed by atoms with E-state index in [1.807, 2.05) is 17.9 Å². The van der Waals surface area contributed by atoms with E-state index in [0.717, 1.165) is 24.9 Å². The van der Waals surface area contributed by atoms with Gasteiger partial charge in [-0.15, -0.1) is 0 Å². The maximum atomic E-state index is 4.43. The van der Waals surface area contributed by atoms with Crippen LogP contribution in [-0.2, 0) is 13.5 Å². The first-order valence-corrected chi connectivity index (χ1v) is 8.23. The summed E-state index contributed by atoms with van der Waals surface area (Å²) < 4.78 is 1.88. The Morgan fingerprint density at radius 2 is 2.00 bits per heavy atom. The van der Waals surface area contributed by atoms with Gasteiger partial charge in [0.15, 0.2) is 0 Å². The van der Waals surface area contributed by atoms with Crippen molar-refractivity contribution >= 4 is 0 Å². The highest BCUT2D eigenvalue weighted by Crippen LogP contribution is 2.40. The number of aromatic nitrogens is 2. The van der Waals surface area contributed by atoms with Crippen LogP contribution in [0, 0.1) is 11.3 Å². The van der Waals surface area contributed by atoms with Crippen LogP contribution in [0.15, 0.2) is 12.3 Å². The summed E-state index contributed by atoms with van der Waals surface area (Å²) in [6, 6.07) is 2.84. The van der Waals surface area contributed by atoms with E-state index in [-0.39, 0.29) is 0 Å². The molecule has 1 saturated carbocycles. The van der Waals surface area contributed by atoms with Gasteiger partial charge in [-0.1, -0.05) is 27.2 Å². The lowest BCUT2D eigenvalue weighted by atomic mass is 9.69. The van der Waals surface area contributed by atoms with E-state index in [1.54, 1.807) is 0 Å². The van der Waals surface area contributed by atoms with Gasteiger partial charge in [0, 0.05) is 32.3 Å². The van der Waals surface area contributed by atoms with Crippen molar-refractivity contribution in [3.05, 3.63) is 18.0 Å². The van der Waals surface area contributed by atoms with Crippen LogP contribution in [0.25, 0.3) is 0 Å². The number of aryl methyl sites for hydroxylation is 1. The van der Waals surface area contributed by atoms with Gasteiger partial charge in [-0.25, -0.2) is 0 Å². The van der Waals surface area contributed by atoms with Gasteiger partial charge in [0.05, 0.1) is 5.69 Å². The minimum Gasteiger partial charge on any atom is -0.314 e. The maximum Gasteiger partial charge on any atom is 0.0637 e. The highest BCUT2D eigenvalue weighted by Gasteiger charge is 2.31. The molecule has 114 valence electrons. The Bertz CT molecular complexity index is 400. The third kappa shape index (κ3) is 4.08. The lowest BCUT2D eigenvalue weighted by Gasteiger charge is -2.39. The van der Waals surface area contributed by atoms with Crippen molar-refractivity contribution < 1.29 is 0 Å². The Kier molecular flexibility index (Phi) is 5.25.